The molecule has 0 atom stereocenters. The molecular weight excluding hydrogens is 222 g/mol. The average molecular weight is 239 g/mol. The van der Waals surface area contributed by atoms with Crippen molar-refractivity contribution in [1.29, 1.82) is 0 Å². The Labute approximate surface area is 100 Å². The summed E-state index contributed by atoms with van der Waals surface area (Å²) in [5, 5.41) is 0. The van der Waals surface area contributed by atoms with Crippen LogP contribution in [0.25, 0.3) is 0 Å². The van der Waals surface area contributed by atoms with E-state index in [9.17, 15) is 0 Å². The number of thioether (sulfide) groups is 1. The van der Waals surface area contributed by atoms with Gasteiger partial charge in [-0.25, -0.2) is 9.97 Å². The second-order valence-electron chi connectivity index (χ2n) is 3.75. The van der Waals surface area contributed by atoms with Gasteiger partial charge in [0.05, 0.1) is 6.61 Å². The van der Waals surface area contributed by atoms with Crippen LogP contribution in [0.4, 0.5) is 5.82 Å². The van der Waals surface area contributed by atoms with Crippen molar-refractivity contribution in [2.75, 3.05) is 36.6 Å². The molecule has 16 heavy (non-hydrogen) atoms. The third-order valence-corrected chi connectivity index (χ3v) is 3.17. The second kappa shape index (κ2) is 5.94. The van der Waals surface area contributed by atoms with Crippen LogP contribution in [0.3, 0.4) is 0 Å². The van der Waals surface area contributed by atoms with E-state index in [2.05, 4.69) is 21.1 Å². The molecule has 0 aromatic carbocycles. The minimum atomic E-state index is 0.686. The van der Waals surface area contributed by atoms with E-state index in [1.54, 1.807) is 18.1 Å². The van der Waals surface area contributed by atoms with Gasteiger partial charge in [0.15, 0.2) is 0 Å². The third kappa shape index (κ3) is 3.01. The molecule has 0 spiro atoms. The maximum absolute atomic E-state index is 5.55. The number of aromatic nitrogens is 2. The lowest BCUT2D eigenvalue weighted by molar-refractivity contribution is 0.330. The zero-order valence-corrected chi connectivity index (χ0v) is 10.4. The molecule has 0 amide bonds. The highest BCUT2D eigenvalue weighted by Crippen LogP contribution is 2.20. The summed E-state index contributed by atoms with van der Waals surface area (Å²) in [4.78, 5) is 10.7. The monoisotopic (exact) mass is 239 g/mol. The molecule has 0 unspecified atom stereocenters. The highest BCUT2D eigenvalue weighted by molar-refractivity contribution is 7.98. The molecule has 4 nitrogen and oxygen atoms in total. The van der Waals surface area contributed by atoms with Crippen LogP contribution >= 0.6 is 11.8 Å². The Morgan fingerprint density at radius 1 is 1.38 bits per heavy atom. The highest BCUT2D eigenvalue weighted by Gasteiger charge is 2.14. The number of anilines is 1. The van der Waals surface area contributed by atoms with Crippen LogP contribution in [-0.4, -0.2) is 41.7 Å². The molecule has 0 bridgehead atoms. The van der Waals surface area contributed by atoms with Crippen molar-refractivity contribution < 1.29 is 4.74 Å². The van der Waals surface area contributed by atoms with Gasteiger partial charge < -0.3 is 9.64 Å². The van der Waals surface area contributed by atoms with Crippen LogP contribution in [-0.2, 0) is 0 Å². The van der Waals surface area contributed by atoms with E-state index in [0.717, 1.165) is 24.7 Å². The van der Waals surface area contributed by atoms with Gasteiger partial charge in [-0.1, -0.05) is 0 Å². The molecule has 1 aromatic heterocycles. The molecule has 88 valence electrons. The topological polar surface area (TPSA) is 38.2 Å². The second-order valence-corrected chi connectivity index (χ2v) is 4.74. The minimum Gasteiger partial charge on any atom is -0.477 e. The van der Waals surface area contributed by atoms with Crippen molar-refractivity contribution >= 4 is 17.6 Å². The number of hydrogen-bond donors (Lipinski definition) is 0. The minimum absolute atomic E-state index is 0.686. The first-order valence-electron chi connectivity index (χ1n) is 5.59. The zero-order valence-electron chi connectivity index (χ0n) is 9.56. The van der Waals surface area contributed by atoms with Gasteiger partial charge in [0.2, 0.25) is 5.88 Å². The fraction of sp³-hybridized carbons (Fsp3) is 0.636. The Kier molecular flexibility index (Phi) is 4.27. The summed E-state index contributed by atoms with van der Waals surface area (Å²) in [5.74, 6) is 2.67. The van der Waals surface area contributed by atoms with Gasteiger partial charge in [-0.3, -0.25) is 0 Å². The predicted octanol–water partition coefficient (Wildman–Crippen LogP) is 1.82. The van der Waals surface area contributed by atoms with Gasteiger partial charge in [0.1, 0.15) is 12.1 Å². The molecule has 1 saturated heterocycles. The van der Waals surface area contributed by atoms with Crippen molar-refractivity contribution in [3.63, 3.8) is 0 Å². The average Bonchev–Trinajstić information content (AvgIpc) is 2.83. The first-order chi connectivity index (χ1) is 7.90. The Morgan fingerprint density at radius 3 is 2.94 bits per heavy atom. The number of hydrogen-bond acceptors (Lipinski definition) is 5. The summed E-state index contributed by atoms with van der Waals surface area (Å²) in [6.45, 7) is 2.90. The first-order valence-corrected chi connectivity index (χ1v) is 6.98. The normalized spacial score (nSPS) is 15.4. The SMILES string of the molecule is CSCCOc1cc(N2CCCC2)ncn1. The summed E-state index contributed by atoms with van der Waals surface area (Å²) >= 11 is 1.77. The molecule has 5 heteroatoms. The highest BCUT2D eigenvalue weighted by atomic mass is 32.2. The molecule has 1 aromatic rings. The summed E-state index contributed by atoms with van der Waals surface area (Å²) in [7, 11) is 0. The van der Waals surface area contributed by atoms with Crippen LogP contribution in [0.15, 0.2) is 12.4 Å². The summed E-state index contributed by atoms with van der Waals surface area (Å²) in [6.07, 6.45) is 6.17. The Morgan fingerprint density at radius 2 is 2.19 bits per heavy atom. The number of ether oxygens (including phenoxy) is 1. The fourth-order valence-corrected chi connectivity index (χ4v) is 2.01. The zero-order chi connectivity index (χ0) is 11.2. The Balaban J connectivity index is 1.95. The lowest BCUT2D eigenvalue weighted by atomic mass is 10.4. The van der Waals surface area contributed by atoms with Crippen molar-refractivity contribution in [2.24, 2.45) is 0 Å². The predicted molar refractivity (Wildman–Crippen MR) is 67.4 cm³/mol. The van der Waals surface area contributed by atoms with Crippen LogP contribution in [0.5, 0.6) is 5.88 Å². The fourth-order valence-electron chi connectivity index (χ4n) is 1.76. The smallest absolute Gasteiger partial charge is 0.218 e. The van der Waals surface area contributed by atoms with E-state index in [-0.39, 0.29) is 0 Å². The first kappa shape index (κ1) is 11.5. The van der Waals surface area contributed by atoms with Gasteiger partial charge in [-0.05, 0) is 19.1 Å². The van der Waals surface area contributed by atoms with E-state index in [4.69, 9.17) is 4.74 Å². The third-order valence-electron chi connectivity index (χ3n) is 2.60. The van der Waals surface area contributed by atoms with Crippen molar-refractivity contribution in [1.82, 2.24) is 9.97 Å². The lowest BCUT2D eigenvalue weighted by Gasteiger charge is -2.16. The van der Waals surface area contributed by atoms with E-state index >= 15 is 0 Å². The standard InChI is InChI=1S/C11H17N3OS/c1-16-7-6-15-11-8-10(12-9-13-11)14-4-2-3-5-14/h8-9H,2-7H2,1H3. The van der Waals surface area contributed by atoms with E-state index in [1.165, 1.54) is 12.8 Å². The molecule has 2 heterocycles. The molecule has 1 aliphatic rings. The molecule has 0 aliphatic carbocycles. The van der Waals surface area contributed by atoms with Crippen LogP contribution < -0.4 is 9.64 Å². The summed E-state index contributed by atoms with van der Waals surface area (Å²) in [6, 6.07) is 1.94. The van der Waals surface area contributed by atoms with Gasteiger partial charge in [0, 0.05) is 24.9 Å². The maximum atomic E-state index is 5.55. The largest absolute Gasteiger partial charge is 0.477 e. The van der Waals surface area contributed by atoms with Crippen LogP contribution in [0, 0.1) is 0 Å². The summed E-state index contributed by atoms with van der Waals surface area (Å²) < 4.78 is 5.55. The Hall–Kier alpha value is -0.970. The van der Waals surface area contributed by atoms with E-state index < -0.39 is 0 Å². The van der Waals surface area contributed by atoms with Gasteiger partial charge in [-0.15, -0.1) is 0 Å². The van der Waals surface area contributed by atoms with Crippen LogP contribution in [0.1, 0.15) is 12.8 Å². The lowest BCUT2D eigenvalue weighted by Crippen LogP contribution is -2.19. The van der Waals surface area contributed by atoms with Crippen LogP contribution in [0.2, 0.25) is 0 Å². The van der Waals surface area contributed by atoms with Gasteiger partial charge >= 0.3 is 0 Å². The molecule has 0 radical (unpaired) electrons. The van der Waals surface area contributed by atoms with Crippen molar-refractivity contribution in [2.45, 2.75) is 12.8 Å². The molecular formula is C11H17N3OS. The number of rotatable bonds is 5. The molecule has 1 fully saturated rings. The number of nitrogens with zero attached hydrogens (tertiary/aromatic N) is 3. The molecule has 0 saturated carbocycles. The Bertz CT molecular complexity index is 329. The summed E-state index contributed by atoms with van der Waals surface area (Å²) in [5.41, 5.74) is 0. The van der Waals surface area contributed by atoms with Crippen molar-refractivity contribution in [3.05, 3.63) is 12.4 Å². The van der Waals surface area contributed by atoms with Gasteiger partial charge in [-0.2, -0.15) is 11.8 Å². The molecule has 0 N–H and O–H groups in total. The van der Waals surface area contributed by atoms with Gasteiger partial charge in [0.25, 0.3) is 0 Å². The van der Waals surface area contributed by atoms with E-state index in [1.807, 2.05) is 6.07 Å². The molecule has 2 rings (SSSR count). The van der Waals surface area contributed by atoms with Crippen molar-refractivity contribution in [3.8, 4) is 5.88 Å². The maximum Gasteiger partial charge on any atom is 0.218 e. The molecule has 1 aliphatic heterocycles. The van der Waals surface area contributed by atoms with E-state index in [0.29, 0.717) is 12.5 Å². The quantitative estimate of drug-likeness (QED) is 0.733.